The summed E-state index contributed by atoms with van der Waals surface area (Å²) in [6.07, 6.45) is 1.42. The first-order chi connectivity index (χ1) is 15.3. The lowest BCUT2D eigenvalue weighted by Crippen LogP contribution is -2.20. The summed E-state index contributed by atoms with van der Waals surface area (Å²) in [6, 6.07) is 13.7. The molecule has 0 aliphatic heterocycles. The van der Waals surface area contributed by atoms with Crippen molar-refractivity contribution >= 4 is 28.4 Å². The summed E-state index contributed by atoms with van der Waals surface area (Å²) in [5, 5.41) is 10.0. The first-order valence-electron chi connectivity index (χ1n) is 9.94. The third-order valence-corrected chi connectivity index (χ3v) is 4.64. The van der Waals surface area contributed by atoms with Crippen molar-refractivity contribution in [2.24, 2.45) is 0 Å². The van der Waals surface area contributed by atoms with Crippen molar-refractivity contribution in [2.45, 2.75) is 26.2 Å². The average molecular weight is 433 g/mol. The van der Waals surface area contributed by atoms with Crippen LogP contribution >= 0.6 is 0 Å². The van der Waals surface area contributed by atoms with Crippen molar-refractivity contribution in [2.75, 3.05) is 17.7 Å². The van der Waals surface area contributed by atoms with Gasteiger partial charge in [0.1, 0.15) is 17.8 Å². The summed E-state index contributed by atoms with van der Waals surface area (Å²) in [5.74, 6) is 2.41. The topological polar surface area (TPSA) is 111 Å². The Kier molecular flexibility index (Phi) is 5.63. The van der Waals surface area contributed by atoms with Gasteiger partial charge < -0.3 is 19.3 Å². The number of ether oxygens (including phenoxy) is 2. The van der Waals surface area contributed by atoms with E-state index >= 15 is 0 Å². The van der Waals surface area contributed by atoms with E-state index < -0.39 is 6.03 Å². The van der Waals surface area contributed by atoms with E-state index in [0.717, 1.165) is 0 Å². The zero-order valence-electron chi connectivity index (χ0n) is 18.2. The number of methoxy groups -OCH3 is 1. The number of para-hydroxylation sites is 2. The summed E-state index contributed by atoms with van der Waals surface area (Å²) < 4.78 is 16.6. The molecule has 0 fully saturated rings. The van der Waals surface area contributed by atoms with Gasteiger partial charge in [-0.1, -0.05) is 38.1 Å². The number of amides is 2. The number of hydrogen-bond acceptors (Lipinski definition) is 7. The second-order valence-corrected chi connectivity index (χ2v) is 8.07. The summed E-state index contributed by atoms with van der Waals surface area (Å²) in [4.78, 5) is 21.0. The minimum Gasteiger partial charge on any atom is -0.497 e. The number of carbonyl (C=O) groups is 1. The van der Waals surface area contributed by atoms with Crippen molar-refractivity contribution in [3.63, 3.8) is 0 Å². The summed E-state index contributed by atoms with van der Waals surface area (Å²) in [6.45, 7) is 5.99. The summed E-state index contributed by atoms with van der Waals surface area (Å²) in [5.41, 5.74) is 0.950. The standard InChI is InChI=1S/C23H23N5O4/c1-23(2,3)19-12-20(28-32-19)27-22(29)26-17-7-5-6-8-18(17)31-21-15-11-14(30-4)9-10-16(15)24-13-25-21/h5-13H,1-4H3,(H2,26,27,28,29). The minimum atomic E-state index is -0.482. The molecule has 0 aliphatic carbocycles. The lowest BCUT2D eigenvalue weighted by Gasteiger charge is -2.13. The molecule has 2 aromatic heterocycles. The average Bonchev–Trinajstić information content (AvgIpc) is 3.24. The Balaban J connectivity index is 1.54. The predicted octanol–water partition coefficient (Wildman–Crippen LogP) is 5.36. The molecule has 0 spiro atoms. The fraction of sp³-hybridized carbons (Fsp3) is 0.217. The van der Waals surface area contributed by atoms with E-state index in [2.05, 4.69) is 25.8 Å². The molecule has 2 heterocycles. The van der Waals surface area contributed by atoms with E-state index in [-0.39, 0.29) is 5.41 Å². The molecule has 4 rings (SSSR count). The second kappa shape index (κ2) is 8.54. The molecule has 2 aromatic carbocycles. The van der Waals surface area contributed by atoms with Crippen LogP contribution in [0.2, 0.25) is 0 Å². The molecule has 0 atom stereocenters. The van der Waals surface area contributed by atoms with Gasteiger partial charge in [0, 0.05) is 11.5 Å². The van der Waals surface area contributed by atoms with Gasteiger partial charge >= 0.3 is 6.03 Å². The quantitative estimate of drug-likeness (QED) is 0.436. The zero-order chi connectivity index (χ0) is 22.7. The zero-order valence-corrected chi connectivity index (χ0v) is 18.2. The summed E-state index contributed by atoms with van der Waals surface area (Å²) in [7, 11) is 1.59. The van der Waals surface area contributed by atoms with Crippen molar-refractivity contribution < 1.29 is 18.8 Å². The smallest absolute Gasteiger partial charge is 0.325 e. The maximum atomic E-state index is 12.5. The third-order valence-electron chi connectivity index (χ3n) is 4.64. The molecule has 0 saturated heterocycles. The molecule has 0 bridgehead atoms. The largest absolute Gasteiger partial charge is 0.497 e. The van der Waals surface area contributed by atoms with Crippen molar-refractivity contribution in [3.05, 3.63) is 60.6 Å². The van der Waals surface area contributed by atoms with Crippen LogP contribution in [-0.4, -0.2) is 28.3 Å². The molecule has 0 aliphatic rings. The number of hydrogen-bond donors (Lipinski definition) is 2. The number of fused-ring (bicyclic) bond motifs is 1. The Bertz CT molecular complexity index is 1260. The molecule has 0 unspecified atom stereocenters. The lowest BCUT2D eigenvalue weighted by molar-refractivity contribution is 0.261. The molecule has 0 saturated carbocycles. The number of urea groups is 1. The molecule has 2 amide bonds. The monoisotopic (exact) mass is 433 g/mol. The Morgan fingerprint density at radius 2 is 1.84 bits per heavy atom. The highest BCUT2D eigenvalue weighted by molar-refractivity contribution is 6.00. The van der Waals surface area contributed by atoms with Crippen molar-refractivity contribution in [3.8, 4) is 17.4 Å². The van der Waals surface area contributed by atoms with Crippen LogP contribution in [0.4, 0.5) is 16.3 Å². The Labute approximate surface area is 184 Å². The Morgan fingerprint density at radius 3 is 2.59 bits per heavy atom. The third kappa shape index (κ3) is 4.61. The van der Waals surface area contributed by atoms with Gasteiger partial charge in [0.15, 0.2) is 11.6 Å². The van der Waals surface area contributed by atoms with Crippen LogP contribution < -0.4 is 20.1 Å². The van der Waals surface area contributed by atoms with Gasteiger partial charge in [-0.05, 0) is 30.3 Å². The van der Waals surface area contributed by atoms with Crippen LogP contribution in [-0.2, 0) is 5.41 Å². The van der Waals surface area contributed by atoms with Gasteiger partial charge in [0.25, 0.3) is 0 Å². The molecule has 0 radical (unpaired) electrons. The molecule has 2 N–H and O–H groups in total. The number of rotatable bonds is 5. The number of anilines is 2. The predicted molar refractivity (Wildman–Crippen MR) is 120 cm³/mol. The van der Waals surface area contributed by atoms with Gasteiger partial charge in [-0.3, -0.25) is 5.32 Å². The number of aromatic nitrogens is 3. The van der Waals surface area contributed by atoms with Crippen LogP contribution in [0.3, 0.4) is 0 Å². The molecule has 32 heavy (non-hydrogen) atoms. The minimum absolute atomic E-state index is 0.215. The molecule has 9 heteroatoms. The number of benzene rings is 2. The van der Waals surface area contributed by atoms with Gasteiger partial charge in [-0.15, -0.1) is 0 Å². The van der Waals surface area contributed by atoms with Gasteiger partial charge in [-0.25, -0.2) is 14.8 Å². The molecular formula is C23H23N5O4. The van der Waals surface area contributed by atoms with Crippen LogP contribution in [0.25, 0.3) is 10.9 Å². The van der Waals surface area contributed by atoms with Gasteiger partial charge in [-0.2, -0.15) is 0 Å². The maximum Gasteiger partial charge on any atom is 0.325 e. The van der Waals surface area contributed by atoms with Crippen molar-refractivity contribution in [1.82, 2.24) is 15.1 Å². The van der Waals surface area contributed by atoms with E-state index in [4.69, 9.17) is 14.0 Å². The normalized spacial score (nSPS) is 11.2. The summed E-state index contributed by atoms with van der Waals surface area (Å²) >= 11 is 0. The second-order valence-electron chi connectivity index (χ2n) is 8.07. The highest BCUT2D eigenvalue weighted by Crippen LogP contribution is 2.33. The highest BCUT2D eigenvalue weighted by atomic mass is 16.5. The highest BCUT2D eigenvalue weighted by Gasteiger charge is 2.20. The first-order valence-corrected chi connectivity index (χ1v) is 9.94. The molecule has 9 nitrogen and oxygen atoms in total. The fourth-order valence-electron chi connectivity index (χ4n) is 2.94. The first kappa shape index (κ1) is 21.1. The molecular weight excluding hydrogens is 410 g/mol. The number of nitrogens with zero attached hydrogens (tertiary/aromatic N) is 3. The van der Waals surface area contributed by atoms with E-state index in [1.54, 1.807) is 43.5 Å². The molecule has 164 valence electrons. The molecule has 4 aromatic rings. The van der Waals surface area contributed by atoms with Crippen LogP contribution in [0, 0.1) is 0 Å². The van der Waals surface area contributed by atoms with Gasteiger partial charge in [0.05, 0.1) is 23.7 Å². The number of carbonyl (C=O) groups excluding carboxylic acids is 1. The van der Waals surface area contributed by atoms with Crippen LogP contribution in [0.1, 0.15) is 26.5 Å². The Hall–Kier alpha value is -4.14. The SMILES string of the molecule is COc1ccc2ncnc(Oc3ccccc3NC(=O)Nc3cc(C(C)(C)C)on3)c2c1. The van der Waals surface area contributed by atoms with Crippen LogP contribution in [0.5, 0.6) is 17.4 Å². The van der Waals surface area contributed by atoms with E-state index in [1.807, 2.05) is 32.9 Å². The lowest BCUT2D eigenvalue weighted by atomic mass is 9.93. The van der Waals surface area contributed by atoms with E-state index in [9.17, 15) is 4.79 Å². The van der Waals surface area contributed by atoms with E-state index in [0.29, 0.717) is 45.5 Å². The van der Waals surface area contributed by atoms with Crippen LogP contribution in [0.15, 0.2) is 59.4 Å². The van der Waals surface area contributed by atoms with E-state index in [1.165, 1.54) is 6.33 Å². The fourth-order valence-corrected chi connectivity index (χ4v) is 2.94. The Morgan fingerprint density at radius 1 is 1.03 bits per heavy atom. The van der Waals surface area contributed by atoms with Crippen molar-refractivity contribution in [1.29, 1.82) is 0 Å². The van der Waals surface area contributed by atoms with Gasteiger partial charge in [0.2, 0.25) is 5.88 Å². The maximum absolute atomic E-state index is 12.5. The number of nitrogens with one attached hydrogen (secondary N) is 2.